The minimum absolute atomic E-state index is 0.387. The quantitative estimate of drug-likeness (QED) is 0.660. The molecular formula is C8H5NO2S. The normalized spacial score (nSPS) is 10.0. The van der Waals surface area contributed by atoms with Crippen LogP contribution >= 0.6 is 11.3 Å². The zero-order chi connectivity index (χ0) is 8.39. The van der Waals surface area contributed by atoms with E-state index in [1.54, 1.807) is 0 Å². The molecule has 0 saturated carbocycles. The molecule has 0 saturated heterocycles. The molecule has 2 rings (SSSR count). The Hall–Kier alpha value is -1.42. The summed E-state index contributed by atoms with van der Waals surface area (Å²) >= 11 is 1.36. The Kier molecular flexibility index (Phi) is 1.75. The number of thiazole rings is 1. The number of ether oxygens (including phenoxy) is 1. The Morgan fingerprint density at radius 3 is 3.00 bits per heavy atom. The summed E-state index contributed by atoms with van der Waals surface area (Å²) in [6.07, 6.45) is 0. The van der Waals surface area contributed by atoms with Crippen molar-refractivity contribution >= 4 is 28.0 Å². The van der Waals surface area contributed by atoms with E-state index in [9.17, 15) is 4.79 Å². The molecule has 1 aromatic heterocycles. The predicted molar refractivity (Wildman–Crippen MR) is 46.3 cm³/mol. The fourth-order valence-electron chi connectivity index (χ4n) is 0.943. The van der Waals surface area contributed by atoms with Crippen LogP contribution in [-0.4, -0.2) is 11.5 Å². The molecule has 0 spiro atoms. The van der Waals surface area contributed by atoms with Crippen LogP contribution in [0.15, 0.2) is 24.3 Å². The van der Waals surface area contributed by atoms with Gasteiger partial charge in [0, 0.05) is 0 Å². The first-order valence-electron chi connectivity index (χ1n) is 3.36. The van der Waals surface area contributed by atoms with E-state index >= 15 is 0 Å². The first-order chi connectivity index (χ1) is 5.90. The van der Waals surface area contributed by atoms with Gasteiger partial charge in [-0.1, -0.05) is 23.5 Å². The second-order valence-corrected chi connectivity index (χ2v) is 3.15. The van der Waals surface area contributed by atoms with Gasteiger partial charge in [0.1, 0.15) is 0 Å². The molecule has 0 N–H and O–H groups in total. The molecule has 0 aliphatic carbocycles. The Morgan fingerprint density at radius 2 is 2.25 bits per heavy atom. The summed E-state index contributed by atoms with van der Waals surface area (Å²) in [4.78, 5) is 14.1. The fourth-order valence-corrected chi connectivity index (χ4v) is 1.73. The van der Waals surface area contributed by atoms with Gasteiger partial charge in [0.25, 0.3) is 11.7 Å². The minimum Gasteiger partial charge on any atom is -0.400 e. The molecule has 0 unspecified atom stereocenters. The van der Waals surface area contributed by atoms with Crippen LogP contribution in [-0.2, 0) is 4.79 Å². The number of fused-ring (bicyclic) bond motifs is 1. The summed E-state index contributed by atoms with van der Waals surface area (Å²) in [5.41, 5.74) is 0.861. The molecule has 0 aliphatic rings. The first-order valence-corrected chi connectivity index (χ1v) is 4.17. The van der Waals surface area contributed by atoms with Crippen molar-refractivity contribution in [2.24, 2.45) is 0 Å². The third-order valence-corrected chi connectivity index (χ3v) is 2.35. The van der Waals surface area contributed by atoms with Gasteiger partial charge in [0.2, 0.25) is 0 Å². The fraction of sp³-hybridized carbons (Fsp3) is 0. The van der Waals surface area contributed by atoms with Crippen LogP contribution in [0, 0.1) is 0 Å². The third-order valence-electron chi connectivity index (χ3n) is 1.42. The average Bonchev–Trinajstić information content (AvgIpc) is 2.47. The maximum atomic E-state index is 10.00. The second kappa shape index (κ2) is 2.91. The molecule has 60 valence electrons. The van der Waals surface area contributed by atoms with E-state index in [4.69, 9.17) is 0 Å². The van der Waals surface area contributed by atoms with Gasteiger partial charge in [-0.25, -0.2) is 4.98 Å². The van der Waals surface area contributed by atoms with Gasteiger partial charge in [-0.3, -0.25) is 4.79 Å². The molecule has 0 aliphatic heterocycles. The Morgan fingerprint density at radius 1 is 1.42 bits per heavy atom. The maximum absolute atomic E-state index is 10.00. The molecule has 12 heavy (non-hydrogen) atoms. The van der Waals surface area contributed by atoms with Gasteiger partial charge in [-0.2, -0.15) is 0 Å². The van der Waals surface area contributed by atoms with Crippen LogP contribution in [0.1, 0.15) is 0 Å². The lowest BCUT2D eigenvalue weighted by Crippen LogP contribution is -1.85. The number of hydrogen-bond acceptors (Lipinski definition) is 4. The van der Waals surface area contributed by atoms with Crippen molar-refractivity contribution in [1.29, 1.82) is 0 Å². The van der Waals surface area contributed by atoms with E-state index in [2.05, 4.69) is 9.72 Å². The van der Waals surface area contributed by atoms with Crippen molar-refractivity contribution in [2.75, 3.05) is 0 Å². The monoisotopic (exact) mass is 179 g/mol. The van der Waals surface area contributed by atoms with E-state index < -0.39 is 0 Å². The Labute approximate surface area is 72.6 Å². The number of carbonyl (C=O) groups excluding carboxylic acids is 1. The van der Waals surface area contributed by atoms with Crippen molar-refractivity contribution < 1.29 is 9.53 Å². The minimum atomic E-state index is 0.387. The van der Waals surface area contributed by atoms with Gasteiger partial charge < -0.3 is 4.74 Å². The Bertz CT molecular complexity index is 377. The topological polar surface area (TPSA) is 39.2 Å². The lowest BCUT2D eigenvalue weighted by Gasteiger charge is -1.83. The summed E-state index contributed by atoms with van der Waals surface area (Å²) < 4.78 is 5.64. The number of nitrogens with zero attached hydrogens (tertiary/aromatic N) is 1. The summed E-state index contributed by atoms with van der Waals surface area (Å²) in [6.45, 7) is 0.387. The standard InChI is InChI=1S/C8H5NO2S/c10-5-11-8-9-6-3-1-2-4-7(6)12-8/h1-5H. The highest BCUT2D eigenvalue weighted by Gasteiger charge is 2.01. The smallest absolute Gasteiger partial charge is 0.300 e. The van der Waals surface area contributed by atoms with Crippen molar-refractivity contribution in [3.8, 4) is 5.19 Å². The Balaban J connectivity index is 2.54. The van der Waals surface area contributed by atoms with E-state index in [-0.39, 0.29) is 0 Å². The number of para-hydroxylation sites is 1. The molecule has 0 fully saturated rings. The summed E-state index contributed by atoms with van der Waals surface area (Å²) in [5.74, 6) is 0. The van der Waals surface area contributed by atoms with Crippen LogP contribution in [0.4, 0.5) is 0 Å². The third kappa shape index (κ3) is 1.16. The van der Waals surface area contributed by atoms with Gasteiger partial charge in [0.05, 0.1) is 10.2 Å². The molecule has 0 bridgehead atoms. The van der Waals surface area contributed by atoms with Gasteiger partial charge in [-0.05, 0) is 12.1 Å². The van der Waals surface area contributed by atoms with Crippen molar-refractivity contribution in [3.05, 3.63) is 24.3 Å². The number of benzene rings is 1. The van der Waals surface area contributed by atoms with E-state index in [0.29, 0.717) is 11.7 Å². The highest BCUT2D eigenvalue weighted by atomic mass is 32.1. The predicted octanol–water partition coefficient (Wildman–Crippen LogP) is 1.83. The average molecular weight is 179 g/mol. The van der Waals surface area contributed by atoms with Gasteiger partial charge >= 0.3 is 0 Å². The van der Waals surface area contributed by atoms with Gasteiger partial charge in [0.15, 0.2) is 0 Å². The summed E-state index contributed by atoms with van der Waals surface area (Å²) in [7, 11) is 0. The van der Waals surface area contributed by atoms with E-state index in [0.717, 1.165) is 10.2 Å². The van der Waals surface area contributed by atoms with E-state index in [1.165, 1.54) is 11.3 Å². The van der Waals surface area contributed by atoms with Crippen LogP contribution in [0.3, 0.4) is 0 Å². The van der Waals surface area contributed by atoms with Crippen LogP contribution in [0.5, 0.6) is 5.19 Å². The lowest BCUT2D eigenvalue weighted by atomic mass is 10.3. The van der Waals surface area contributed by atoms with Crippen LogP contribution in [0.2, 0.25) is 0 Å². The molecule has 0 radical (unpaired) electrons. The molecule has 0 atom stereocenters. The SMILES string of the molecule is O=COc1nc2ccccc2s1. The lowest BCUT2D eigenvalue weighted by molar-refractivity contribution is -0.120. The summed E-state index contributed by atoms with van der Waals surface area (Å²) in [6, 6.07) is 7.63. The summed E-state index contributed by atoms with van der Waals surface area (Å²) in [5, 5.41) is 0.395. The molecular weight excluding hydrogens is 174 g/mol. The molecule has 3 nitrogen and oxygen atoms in total. The maximum Gasteiger partial charge on any atom is 0.300 e. The molecule has 0 amide bonds. The highest BCUT2D eigenvalue weighted by Crippen LogP contribution is 2.26. The zero-order valence-electron chi connectivity index (χ0n) is 6.06. The van der Waals surface area contributed by atoms with E-state index in [1.807, 2.05) is 24.3 Å². The molecule has 4 heteroatoms. The van der Waals surface area contributed by atoms with Crippen LogP contribution in [0.25, 0.3) is 10.2 Å². The van der Waals surface area contributed by atoms with Crippen LogP contribution < -0.4 is 4.74 Å². The molecule has 1 aromatic carbocycles. The zero-order valence-corrected chi connectivity index (χ0v) is 6.88. The highest BCUT2D eigenvalue weighted by molar-refractivity contribution is 7.20. The van der Waals surface area contributed by atoms with Crippen molar-refractivity contribution in [2.45, 2.75) is 0 Å². The van der Waals surface area contributed by atoms with Crippen molar-refractivity contribution in [1.82, 2.24) is 4.98 Å². The second-order valence-electron chi connectivity index (χ2n) is 2.16. The largest absolute Gasteiger partial charge is 0.400 e. The number of aromatic nitrogens is 1. The first kappa shape index (κ1) is 7.24. The van der Waals surface area contributed by atoms with Gasteiger partial charge in [-0.15, -0.1) is 0 Å². The number of carbonyl (C=O) groups is 1. The molecule has 2 aromatic rings. The van der Waals surface area contributed by atoms with Crippen molar-refractivity contribution in [3.63, 3.8) is 0 Å². The molecule has 1 heterocycles. The number of rotatable bonds is 2. The number of hydrogen-bond donors (Lipinski definition) is 0.